The molecule has 1 N–H and O–H groups in total. The summed E-state index contributed by atoms with van der Waals surface area (Å²) in [7, 11) is 1.71. The van der Waals surface area contributed by atoms with Crippen molar-refractivity contribution in [2.45, 2.75) is 31.8 Å². The number of methoxy groups -OCH3 is 1. The van der Waals surface area contributed by atoms with Crippen LogP contribution in [0.2, 0.25) is 0 Å². The van der Waals surface area contributed by atoms with Crippen LogP contribution in [0, 0.1) is 0 Å². The molecule has 1 aliphatic rings. The van der Waals surface area contributed by atoms with Crippen molar-refractivity contribution < 1.29 is 4.74 Å². The first-order valence-electron chi connectivity index (χ1n) is 6.24. The molecule has 94 valence electrons. The maximum atomic E-state index is 5.16. The molecule has 0 spiro atoms. The maximum absolute atomic E-state index is 5.16. The van der Waals surface area contributed by atoms with Crippen LogP contribution < -0.4 is 10.1 Å². The van der Waals surface area contributed by atoms with Gasteiger partial charge < -0.3 is 10.1 Å². The number of benzene rings is 1. The maximum Gasteiger partial charge on any atom is 0.118 e. The van der Waals surface area contributed by atoms with Gasteiger partial charge in [0.1, 0.15) is 5.75 Å². The second-order valence-corrected chi connectivity index (χ2v) is 5.83. The Bertz CT molecular complexity index is 333. The van der Waals surface area contributed by atoms with Crippen LogP contribution in [0.1, 0.15) is 18.9 Å². The van der Waals surface area contributed by atoms with Gasteiger partial charge in [0.15, 0.2) is 0 Å². The van der Waals surface area contributed by atoms with Crippen LogP contribution in [0.25, 0.3) is 0 Å². The lowest BCUT2D eigenvalue weighted by Gasteiger charge is -2.18. The van der Waals surface area contributed by atoms with E-state index < -0.39 is 0 Å². The molecule has 0 amide bonds. The summed E-state index contributed by atoms with van der Waals surface area (Å²) in [6.45, 7) is 2.27. The van der Waals surface area contributed by atoms with Gasteiger partial charge >= 0.3 is 0 Å². The Morgan fingerprint density at radius 2 is 2.18 bits per heavy atom. The fourth-order valence-corrected chi connectivity index (χ4v) is 3.41. The van der Waals surface area contributed by atoms with E-state index in [0.29, 0.717) is 12.1 Å². The van der Waals surface area contributed by atoms with Crippen molar-refractivity contribution >= 4 is 11.8 Å². The first kappa shape index (κ1) is 12.8. The summed E-state index contributed by atoms with van der Waals surface area (Å²) in [6.07, 6.45) is 2.41. The molecular formula is C14H21NOS. The summed E-state index contributed by atoms with van der Waals surface area (Å²) < 4.78 is 5.16. The molecule has 1 heterocycles. The SMILES string of the molecule is COc1ccc(CC(C)NC2CCSC2)cc1. The van der Waals surface area contributed by atoms with Crippen molar-refractivity contribution in [3.63, 3.8) is 0 Å². The Morgan fingerprint density at radius 3 is 2.76 bits per heavy atom. The molecule has 0 bridgehead atoms. The molecular weight excluding hydrogens is 230 g/mol. The van der Waals surface area contributed by atoms with E-state index in [4.69, 9.17) is 4.74 Å². The Kier molecular flexibility index (Phi) is 4.75. The number of hydrogen-bond acceptors (Lipinski definition) is 3. The van der Waals surface area contributed by atoms with E-state index in [9.17, 15) is 0 Å². The van der Waals surface area contributed by atoms with E-state index in [1.165, 1.54) is 23.5 Å². The van der Waals surface area contributed by atoms with Crippen LogP contribution in [-0.2, 0) is 6.42 Å². The molecule has 0 saturated carbocycles. The lowest BCUT2D eigenvalue weighted by molar-refractivity contribution is 0.414. The van der Waals surface area contributed by atoms with E-state index in [2.05, 4.69) is 36.1 Å². The van der Waals surface area contributed by atoms with E-state index in [1.54, 1.807) is 7.11 Å². The van der Waals surface area contributed by atoms with Crippen molar-refractivity contribution in [3.8, 4) is 5.75 Å². The minimum atomic E-state index is 0.548. The van der Waals surface area contributed by atoms with Crippen molar-refractivity contribution in [2.24, 2.45) is 0 Å². The van der Waals surface area contributed by atoms with Crippen LogP contribution >= 0.6 is 11.8 Å². The van der Waals surface area contributed by atoms with Crippen molar-refractivity contribution in [3.05, 3.63) is 29.8 Å². The van der Waals surface area contributed by atoms with Crippen LogP contribution in [0.5, 0.6) is 5.75 Å². The molecule has 2 unspecified atom stereocenters. The molecule has 0 aromatic heterocycles. The van der Waals surface area contributed by atoms with Crippen molar-refractivity contribution in [1.29, 1.82) is 0 Å². The van der Waals surface area contributed by atoms with Crippen molar-refractivity contribution in [2.75, 3.05) is 18.6 Å². The van der Waals surface area contributed by atoms with Crippen molar-refractivity contribution in [1.82, 2.24) is 5.32 Å². The van der Waals surface area contributed by atoms with Gasteiger partial charge in [-0.05, 0) is 43.2 Å². The van der Waals surface area contributed by atoms with E-state index >= 15 is 0 Å². The summed E-state index contributed by atoms with van der Waals surface area (Å²) in [5, 5.41) is 3.70. The number of hydrogen-bond donors (Lipinski definition) is 1. The minimum absolute atomic E-state index is 0.548. The van der Waals surface area contributed by atoms with Crippen LogP contribution in [0.3, 0.4) is 0 Å². The Labute approximate surface area is 108 Å². The molecule has 17 heavy (non-hydrogen) atoms. The summed E-state index contributed by atoms with van der Waals surface area (Å²) in [4.78, 5) is 0. The zero-order valence-corrected chi connectivity index (χ0v) is 11.4. The second-order valence-electron chi connectivity index (χ2n) is 4.68. The Hall–Kier alpha value is -0.670. The Morgan fingerprint density at radius 1 is 1.41 bits per heavy atom. The number of ether oxygens (including phenoxy) is 1. The lowest BCUT2D eigenvalue weighted by atomic mass is 10.1. The van der Waals surface area contributed by atoms with Gasteiger partial charge in [-0.3, -0.25) is 0 Å². The highest BCUT2D eigenvalue weighted by atomic mass is 32.2. The second kappa shape index (κ2) is 6.31. The number of thioether (sulfide) groups is 1. The third kappa shape index (κ3) is 3.93. The standard InChI is InChI=1S/C14H21NOS/c1-11(15-13-7-8-17-10-13)9-12-3-5-14(16-2)6-4-12/h3-6,11,13,15H,7-10H2,1-2H3. The molecule has 1 fully saturated rings. The molecule has 2 nitrogen and oxygen atoms in total. The highest BCUT2D eigenvalue weighted by molar-refractivity contribution is 7.99. The molecule has 3 heteroatoms. The van der Waals surface area contributed by atoms with Gasteiger partial charge in [-0.15, -0.1) is 0 Å². The monoisotopic (exact) mass is 251 g/mol. The summed E-state index contributed by atoms with van der Waals surface area (Å²) in [5.74, 6) is 3.52. The average molecular weight is 251 g/mol. The number of rotatable bonds is 5. The fourth-order valence-electron chi connectivity index (χ4n) is 2.24. The van der Waals surface area contributed by atoms with E-state index in [-0.39, 0.29) is 0 Å². The smallest absolute Gasteiger partial charge is 0.118 e. The van der Waals surface area contributed by atoms with Crippen LogP contribution in [0.15, 0.2) is 24.3 Å². The topological polar surface area (TPSA) is 21.3 Å². The lowest BCUT2D eigenvalue weighted by Crippen LogP contribution is -2.37. The quantitative estimate of drug-likeness (QED) is 0.869. The zero-order chi connectivity index (χ0) is 12.1. The normalized spacial score (nSPS) is 21.4. The van der Waals surface area contributed by atoms with Gasteiger partial charge in [0.2, 0.25) is 0 Å². The predicted octanol–water partition coefficient (Wildman–Crippen LogP) is 2.72. The summed E-state index contributed by atoms with van der Waals surface area (Å²) >= 11 is 2.06. The minimum Gasteiger partial charge on any atom is -0.497 e. The molecule has 0 radical (unpaired) electrons. The molecule has 1 aromatic carbocycles. The van der Waals surface area contributed by atoms with E-state index in [1.807, 2.05) is 12.1 Å². The molecule has 0 aliphatic carbocycles. The summed E-state index contributed by atoms with van der Waals surface area (Å²) in [5.41, 5.74) is 1.37. The third-order valence-electron chi connectivity index (χ3n) is 3.15. The van der Waals surface area contributed by atoms with Gasteiger partial charge in [0, 0.05) is 17.8 Å². The first-order chi connectivity index (χ1) is 8.28. The molecule has 2 rings (SSSR count). The largest absolute Gasteiger partial charge is 0.497 e. The molecule has 1 aromatic rings. The van der Waals surface area contributed by atoms with Gasteiger partial charge in [0.05, 0.1) is 7.11 Å². The number of nitrogens with one attached hydrogen (secondary N) is 1. The Balaban J connectivity index is 1.81. The summed E-state index contributed by atoms with van der Waals surface area (Å²) in [6, 6.07) is 9.64. The van der Waals surface area contributed by atoms with Gasteiger partial charge in [-0.2, -0.15) is 11.8 Å². The average Bonchev–Trinajstić information content (AvgIpc) is 2.82. The van der Waals surface area contributed by atoms with Crippen LogP contribution in [-0.4, -0.2) is 30.7 Å². The highest BCUT2D eigenvalue weighted by Crippen LogP contribution is 2.18. The van der Waals surface area contributed by atoms with Gasteiger partial charge in [-0.1, -0.05) is 12.1 Å². The van der Waals surface area contributed by atoms with Gasteiger partial charge in [0.25, 0.3) is 0 Å². The first-order valence-corrected chi connectivity index (χ1v) is 7.40. The molecule has 1 aliphatic heterocycles. The third-order valence-corrected chi connectivity index (χ3v) is 4.31. The predicted molar refractivity (Wildman–Crippen MR) is 75.0 cm³/mol. The zero-order valence-electron chi connectivity index (χ0n) is 10.6. The van der Waals surface area contributed by atoms with Crippen LogP contribution in [0.4, 0.5) is 0 Å². The highest BCUT2D eigenvalue weighted by Gasteiger charge is 2.17. The molecule has 2 atom stereocenters. The van der Waals surface area contributed by atoms with E-state index in [0.717, 1.165) is 12.2 Å². The van der Waals surface area contributed by atoms with Gasteiger partial charge in [-0.25, -0.2) is 0 Å². The fraction of sp³-hybridized carbons (Fsp3) is 0.571. The molecule has 1 saturated heterocycles.